The van der Waals surface area contributed by atoms with E-state index in [0.717, 1.165) is 18.3 Å². The van der Waals surface area contributed by atoms with Crippen molar-refractivity contribution in [1.29, 1.82) is 0 Å². The minimum Gasteiger partial charge on any atom is -0.496 e. The van der Waals surface area contributed by atoms with Crippen molar-refractivity contribution in [3.63, 3.8) is 0 Å². The van der Waals surface area contributed by atoms with Gasteiger partial charge in [0.25, 0.3) is 0 Å². The van der Waals surface area contributed by atoms with E-state index in [0.29, 0.717) is 17.5 Å². The van der Waals surface area contributed by atoms with Crippen molar-refractivity contribution in [3.8, 4) is 5.75 Å². The van der Waals surface area contributed by atoms with Gasteiger partial charge < -0.3 is 4.74 Å². The summed E-state index contributed by atoms with van der Waals surface area (Å²) in [6.45, 7) is 0. The second-order valence-corrected chi connectivity index (χ2v) is 4.36. The summed E-state index contributed by atoms with van der Waals surface area (Å²) in [6, 6.07) is 7.93. The molecule has 2 aromatic rings. The molecule has 0 amide bonds. The summed E-state index contributed by atoms with van der Waals surface area (Å²) in [4.78, 5) is 15.5. The molecule has 0 N–H and O–H groups in total. The highest BCUT2D eigenvalue weighted by Gasteiger charge is 2.34. The third kappa shape index (κ3) is 3.52. The zero-order chi connectivity index (χ0) is 16.2. The Morgan fingerprint density at radius 1 is 1.23 bits per heavy atom. The Morgan fingerprint density at radius 2 is 1.95 bits per heavy atom. The molecule has 3 nitrogen and oxygen atoms in total. The monoisotopic (exact) mass is 307 g/mol. The molecular weight excluding hydrogens is 295 g/mol. The molecule has 0 bridgehead atoms. The van der Waals surface area contributed by atoms with Crippen LogP contribution in [0, 0.1) is 0 Å². The fourth-order valence-corrected chi connectivity index (χ4v) is 1.89. The molecule has 0 saturated heterocycles. The SMILES string of the molecule is COc1ccccc1C=CC(=O)c1ccncc1C(F)(F)F. The molecule has 22 heavy (non-hydrogen) atoms. The van der Waals surface area contributed by atoms with Crippen LogP contribution in [0.3, 0.4) is 0 Å². The first-order valence-corrected chi connectivity index (χ1v) is 6.30. The maximum Gasteiger partial charge on any atom is 0.418 e. The Hall–Kier alpha value is -2.63. The van der Waals surface area contributed by atoms with Crippen LogP contribution < -0.4 is 4.74 Å². The Morgan fingerprint density at radius 3 is 2.64 bits per heavy atom. The number of carbonyl (C=O) groups is 1. The molecule has 0 saturated carbocycles. The average molecular weight is 307 g/mol. The molecule has 0 atom stereocenters. The van der Waals surface area contributed by atoms with Crippen LogP contribution in [0.2, 0.25) is 0 Å². The highest BCUT2D eigenvalue weighted by atomic mass is 19.4. The van der Waals surface area contributed by atoms with E-state index in [9.17, 15) is 18.0 Å². The second kappa shape index (κ2) is 6.43. The van der Waals surface area contributed by atoms with Gasteiger partial charge in [-0.25, -0.2) is 0 Å². The molecule has 6 heteroatoms. The van der Waals surface area contributed by atoms with E-state index in [4.69, 9.17) is 4.74 Å². The molecule has 2 rings (SSSR count). The van der Waals surface area contributed by atoms with Crippen LogP contribution in [-0.2, 0) is 6.18 Å². The number of pyridine rings is 1. The van der Waals surface area contributed by atoms with Crippen LogP contribution in [0.1, 0.15) is 21.5 Å². The molecule has 0 spiro atoms. The number of carbonyl (C=O) groups excluding carboxylic acids is 1. The molecule has 0 unspecified atom stereocenters. The van der Waals surface area contributed by atoms with Crippen molar-refractivity contribution in [3.05, 3.63) is 65.5 Å². The predicted molar refractivity (Wildman–Crippen MR) is 75.6 cm³/mol. The van der Waals surface area contributed by atoms with Crippen LogP contribution in [0.15, 0.2) is 48.8 Å². The highest BCUT2D eigenvalue weighted by molar-refractivity contribution is 6.07. The Kier molecular flexibility index (Phi) is 4.60. The fourth-order valence-electron chi connectivity index (χ4n) is 1.89. The van der Waals surface area contributed by atoms with Crippen LogP contribution >= 0.6 is 0 Å². The normalized spacial score (nSPS) is 11.6. The minimum absolute atomic E-state index is 0.436. The molecule has 1 heterocycles. The first kappa shape index (κ1) is 15.8. The molecule has 1 aromatic heterocycles. The lowest BCUT2D eigenvalue weighted by Crippen LogP contribution is -2.12. The zero-order valence-corrected chi connectivity index (χ0v) is 11.6. The lowest BCUT2D eigenvalue weighted by molar-refractivity contribution is -0.138. The smallest absolute Gasteiger partial charge is 0.418 e. The predicted octanol–water partition coefficient (Wildman–Crippen LogP) is 4.01. The van der Waals surface area contributed by atoms with Gasteiger partial charge >= 0.3 is 6.18 Å². The van der Waals surface area contributed by atoms with E-state index in [-0.39, 0.29) is 0 Å². The summed E-state index contributed by atoms with van der Waals surface area (Å²) in [5.74, 6) is -0.224. The molecule has 0 fully saturated rings. The number of para-hydroxylation sites is 1. The lowest BCUT2D eigenvalue weighted by Gasteiger charge is -2.09. The third-order valence-corrected chi connectivity index (χ3v) is 2.95. The van der Waals surface area contributed by atoms with Crippen LogP contribution in [0.5, 0.6) is 5.75 Å². The number of benzene rings is 1. The van der Waals surface area contributed by atoms with Crippen LogP contribution in [0.4, 0.5) is 13.2 Å². The summed E-state index contributed by atoms with van der Waals surface area (Å²) in [7, 11) is 1.47. The lowest BCUT2D eigenvalue weighted by atomic mass is 10.0. The van der Waals surface area contributed by atoms with Gasteiger partial charge in [0.2, 0.25) is 0 Å². The molecule has 0 aliphatic heterocycles. The van der Waals surface area contributed by atoms with Gasteiger partial charge in [-0.1, -0.05) is 18.2 Å². The summed E-state index contributed by atoms with van der Waals surface area (Å²) >= 11 is 0. The first-order valence-electron chi connectivity index (χ1n) is 6.30. The van der Waals surface area contributed by atoms with Gasteiger partial charge in [-0.3, -0.25) is 9.78 Å². The summed E-state index contributed by atoms with van der Waals surface area (Å²) in [5, 5.41) is 0. The first-order chi connectivity index (χ1) is 10.4. The Bertz CT molecular complexity index is 709. The van der Waals surface area contributed by atoms with Crippen molar-refractivity contribution in [2.45, 2.75) is 6.18 Å². The van der Waals surface area contributed by atoms with Gasteiger partial charge in [-0.05, 0) is 24.3 Å². The second-order valence-electron chi connectivity index (χ2n) is 4.36. The van der Waals surface area contributed by atoms with E-state index in [1.807, 2.05) is 0 Å². The molecule has 0 radical (unpaired) electrons. The zero-order valence-electron chi connectivity index (χ0n) is 11.6. The average Bonchev–Trinajstić information content (AvgIpc) is 2.52. The van der Waals surface area contributed by atoms with E-state index in [1.165, 1.54) is 13.2 Å². The minimum atomic E-state index is -4.63. The van der Waals surface area contributed by atoms with Gasteiger partial charge in [0.15, 0.2) is 5.78 Å². The van der Waals surface area contributed by atoms with Crippen molar-refractivity contribution in [1.82, 2.24) is 4.98 Å². The summed E-state index contributed by atoms with van der Waals surface area (Å²) < 4.78 is 43.7. The van der Waals surface area contributed by atoms with E-state index in [2.05, 4.69) is 4.98 Å². The fraction of sp³-hybridized carbons (Fsp3) is 0.125. The number of halogens is 3. The number of rotatable bonds is 4. The molecular formula is C16H12F3NO2. The van der Waals surface area contributed by atoms with Gasteiger partial charge in [0, 0.05) is 23.5 Å². The Balaban J connectivity index is 2.32. The third-order valence-electron chi connectivity index (χ3n) is 2.95. The quantitative estimate of drug-likeness (QED) is 0.633. The standard InChI is InChI=1S/C16H12F3NO2/c1-22-15-5-3-2-4-11(15)6-7-14(21)12-8-9-20-10-13(12)16(17,18)19/h2-10H,1H3. The number of aromatic nitrogens is 1. The number of ketones is 1. The number of hydrogen-bond donors (Lipinski definition) is 0. The number of nitrogens with zero attached hydrogens (tertiary/aromatic N) is 1. The van der Waals surface area contributed by atoms with Crippen LogP contribution in [-0.4, -0.2) is 17.9 Å². The number of alkyl halides is 3. The number of allylic oxidation sites excluding steroid dienone is 1. The molecule has 1 aromatic carbocycles. The van der Waals surface area contributed by atoms with Gasteiger partial charge in [0.05, 0.1) is 12.7 Å². The van der Waals surface area contributed by atoms with Gasteiger partial charge in [-0.15, -0.1) is 0 Å². The van der Waals surface area contributed by atoms with Gasteiger partial charge in [0.1, 0.15) is 5.75 Å². The van der Waals surface area contributed by atoms with Crippen molar-refractivity contribution in [2.75, 3.05) is 7.11 Å². The Labute approximate surface area is 125 Å². The number of hydrogen-bond acceptors (Lipinski definition) is 3. The van der Waals surface area contributed by atoms with Gasteiger partial charge in [-0.2, -0.15) is 13.2 Å². The van der Waals surface area contributed by atoms with Crippen molar-refractivity contribution in [2.24, 2.45) is 0 Å². The van der Waals surface area contributed by atoms with E-state index in [1.54, 1.807) is 24.3 Å². The summed E-state index contributed by atoms with van der Waals surface area (Å²) in [6.07, 6.45) is -0.328. The van der Waals surface area contributed by atoms with Crippen LogP contribution in [0.25, 0.3) is 6.08 Å². The van der Waals surface area contributed by atoms with Crippen molar-refractivity contribution < 1.29 is 22.7 Å². The van der Waals surface area contributed by atoms with E-state index >= 15 is 0 Å². The number of ether oxygens (including phenoxy) is 1. The highest BCUT2D eigenvalue weighted by Crippen LogP contribution is 2.31. The summed E-state index contributed by atoms with van der Waals surface area (Å²) in [5.41, 5.74) is -0.890. The molecule has 114 valence electrons. The topological polar surface area (TPSA) is 39.2 Å². The van der Waals surface area contributed by atoms with Crippen molar-refractivity contribution >= 4 is 11.9 Å². The molecule has 0 aliphatic rings. The molecule has 0 aliphatic carbocycles. The maximum atomic E-state index is 12.9. The number of methoxy groups -OCH3 is 1. The largest absolute Gasteiger partial charge is 0.496 e. The van der Waals surface area contributed by atoms with E-state index < -0.39 is 23.1 Å². The maximum absolute atomic E-state index is 12.9.